The maximum absolute atomic E-state index is 13.9. The van der Waals surface area contributed by atoms with Gasteiger partial charge in [0.1, 0.15) is 24.2 Å². The van der Waals surface area contributed by atoms with E-state index in [9.17, 15) is 22.4 Å². The van der Waals surface area contributed by atoms with E-state index in [0.717, 1.165) is 16.4 Å². The molecule has 214 valence electrons. The van der Waals surface area contributed by atoms with Crippen LogP contribution in [0.3, 0.4) is 0 Å². The highest BCUT2D eigenvalue weighted by molar-refractivity contribution is 7.92. The van der Waals surface area contributed by atoms with Crippen LogP contribution in [0.25, 0.3) is 0 Å². The van der Waals surface area contributed by atoms with Gasteiger partial charge in [0.05, 0.1) is 17.7 Å². The van der Waals surface area contributed by atoms with Gasteiger partial charge in [-0.15, -0.1) is 0 Å². The number of rotatable bonds is 12. The lowest BCUT2D eigenvalue weighted by molar-refractivity contribution is -0.139. The molecule has 0 bridgehead atoms. The predicted molar refractivity (Wildman–Crippen MR) is 154 cm³/mol. The first-order chi connectivity index (χ1) is 19.0. The second-order valence-corrected chi connectivity index (χ2v) is 11.5. The van der Waals surface area contributed by atoms with Crippen molar-refractivity contribution in [3.8, 4) is 5.75 Å². The Morgan fingerprint density at radius 2 is 1.60 bits per heavy atom. The molecular formula is C28H30Cl2FN3O5S. The van der Waals surface area contributed by atoms with Crippen molar-refractivity contribution in [3.63, 3.8) is 0 Å². The Balaban J connectivity index is 2.05. The summed E-state index contributed by atoms with van der Waals surface area (Å²) in [5, 5.41) is 3.33. The molecule has 1 atom stereocenters. The summed E-state index contributed by atoms with van der Waals surface area (Å²) in [7, 11) is -2.87. The van der Waals surface area contributed by atoms with E-state index in [1.54, 1.807) is 18.2 Å². The van der Waals surface area contributed by atoms with Crippen molar-refractivity contribution in [1.29, 1.82) is 0 Å². The second kappa shape index (κ2) is 13.8. The summed E-state index contributed by atoms with van der Waals surface area (Å²) >= 11 is 12.7. The summed E-state index contributed by atoms with van der Waals surface area (Å²) in [5.74, 6) is -1.26. The summed E-state index contributed by atoms with van der Waals surface area (Å²) in [4.78, 5) is 27.9. The van der Waals surface area contributed by atoms with Crippen molar-refractivity contribution in [1.82, 2.24) is 10.2 Å². The first-order valence-electron chi connectivity index (χ1n) is 12.4. The standard InChI is InChI=1S/C28H30Cl2FN3O5S/c1-4-16-32-28(36)19(2)33(17-24-25(29)6-5-7-26(24)30)27(35)18-34(21-10-8-20(31)9-11-21)40(37,38)23-14-12-22(39-3)13-15-23/h5-15,19H,4,16-18H2,1-3H3,(H,32,36)/t19-/m0/s1. The molecule has 0 fully saturated rings. The molecule has 0 heterocycles. The summed E-state index contributed by atoms with van der Waals surface area (Å²) < 4.78 is 47.3. The minimum Gasteiger partial charge on any atom is -0.497 e. The average molecular weight is 611 g/mol. The van der Waals surface area contributed by atoms with E-state index in [2.05, 4.69) is 5.32 Å². The number of benzene rings is 3. The van der Waals surface area contributed by atoms with Crippen LogP contribution in [0, 0.1) is 5.82 Å². The van der Waals surface area contributed by atoms with Crippen LogP contribution >= 0.6 is 23.2 Å². The molecule has 40 heavy (non-hydrogen) atoms. The molecule has 2 amide bonds. The number of carbonyl (C=O) groups excluding carboxylic acids is 2. The lowest BCUT2D eigenvalue weighted by Gasteiger charge is -2.32. The molecule has 1 N–H and O–H groups in total. The second-order valence-electron chi connectivity index (χ2n) is 8.85. The summed E-state index contributed by atoms with van der Waals surface area (Å²) in [6, 6.07) is 14.2. The molecule has 0 unspecified atom stereocenters. The number of methoxy groups -OCH3 is 1. The van der Waals surface area contributed by atoms with E-state index in [-0.39, 0.29) is 27.2 Å². The lowest BCUT2D eigenvalue weighted by Crippen LogP contribution is -2.51. The maximum Gasteiger partial charge on any atom is 0.264 e. The van der Waals surface area contributed by atoms with Crippen LogP contribution in [-0.2, 0) is 26.2 Å². The molecule has 3 aromatic carbocycles. The number of nitrogens with one attached hydrogen (secondary N) is 1. The Morgan fingerprint density at radius 1 is 1.00 bits per heavy atom. The van der Waals surface area contributed by atoms with Gasteiger partial charge in [-0.1, -0.05) is 36.2 Å². The van der Waals surface area contributed by atoms with E-state index in [0.29, 0.717) is 24.3 Å². The summed E-state index contributed by atoms with van der Waals surface area (Å²) in [6.07, 6.45) is 0.682. The van der Waals surface area contributed by atoms with E-state index in [1.165, 1.54) is 55.3 Å². The summed E-state index contributed by atoms with van der Waals surface area (Å²) in [6.45, 7) is 2.98. The zero-order valence-corrected chi connectivity index (χ0v) is 24.6. The fourth-order valence-electron chi connectivity index (χ4n) is 3.84. The third-order valence-electron chi connectivity index (χ3n) is 6.15. The van der Waals surface area contributed by atoms with Gasteiger partial charge in [-0.3, -0.25) is 13.9 Å². The molecule has 0 aliphatic heterocycles. The van der Waals surface area contributed by atoms with Crippen LogP contribution < -0.4 is 14.4 Å². The number of hydrogen-bond acceptors (Lipinski definition) is 5. The highest BCUT2D eigenvalue weighted by atomic mass is 35.5. The molecule has 8 nitrogen and oxygen atoms in total. The normalized spacial score (nSPS) is 11.9. The fraction of sp³-hybridized carbons (Fsp3) is 0.286. The number of anilines is 1. The Labute approximate surface area is 243 Å². The highest BCUT2D eigenvalue weighted by Crippen LogP contribution is 2.29. The Hall–Kier alpha value is -3.34. The smallest absolute Gasteiger partial charge is 0.264 e. The van der Waals surface area contributed by atoms with Crippen molar-refractivity contribution in [2.75, 3.05) is 24.5 Å². The quantitative estimate of drug-likeness (QED) is 0.301. The van der Waals surface area contributed by atoms with E-state index in [4.69, 9.17) is 27.9 Å². The SMILES string of the molecule is CCCNC(=O)[C@H](C)N(Cc1c(Cl)cccc1Cl)C(=O)CN(c1ccc(F)cc1)S(=O)(=O)c1ccc(OC)cc1. The topological polar surface area (TPSA) is 96.0 Å². The van der Waals surface area contributed by atoms with Gasteiger partial charge in [-0.05, 0) is 74.0 Å². The van der Waals surface area contributed by atoms with E-state index < -0.39 is 40.2 Å². The Bertz CT molecular complexity index is 1420. The van der Waals surface area contributed by atoms with Gasteiger partial charge >= 0.3 is 0 Å². The minimum atomic E-state index is -4.31. The van der Waals surface area contributed by atoms with Gasteiger partial charge in [0.2, 0.25) is 11.8 Å². The molecule has 0 radical (unpaired) electrons. The van der Waals surface area contributed by atoms with Gasteiger partial charge in [0.25, 0.3) is 10.0 Å². The number of nitrogens with zero attached hydrogens (tertiary/aromatic N) is 2. The van der Waals surface area contributed by atoms with Crippen molar-refractivity contribution in [2.45, 2.75) is 37.8 Å². The van der Waals surface area contributed by atoms with Crippen LogP contribution in [0.15, 0.2) is 71.6 Å². The largest absolute Gasteiger partial charge is 0.497 e. The number of carbonyl (C=O) groups is 2. The van der Waals surface area contributed by atoms with Crippen molar-refractivity contribution < 1.29 is 27.1 Å². The monoisotopic (exact) mass is 609 g/mol. The Kier molecular flexibility index (Phi) is 10.8. The molecule has 12 heteroatoms. The van der Waals surface area contributed by atoms with Crippen molar-refractivity contribution in [3.05, 3.63) is 88.2 Å². The van der Waals surface area contributed by atoms with Crippen molar-refractivity contribution >= 4 is 50.7 Å². The lowest BCUT2D eigenvalue weighted by atomic mass is 10.1. The van der Waals surface area contributed by atoms with E-state index in [1.807, 2.05) is 6.92 Å². The molecule has 0 saturated heterocycles. The van der Waals surface area contributed by atoms with Gasteiger partial charge in [0.15, 0.2) is 0 Å². The molecule has 0 aliphatic rings. The van der Waals surface area contributed by atoms with Crippen LogP contribution in [-0.4, -0.2) is 51.4 Å². The predicted octanol–water partition coefficient (Wildman–Crippen LogP) is 5.28. The number of amides is 2. The molecule has 0 spiro atoms. The molecule has 3 aromatic rings. The first-order valence-corrected chi connectivity index (χ1v) is 14.6. The van der Waals surface area contributed by atoms with Gasteiger partial charge < -0.3 is 15.0 Å². The average Bonchev–Trinajstić information content (AvgIpc) is 2.94. The molecule has 3 rings (SSSR count). The van der Waals surface area contributed by atoms with E-state index >= 15 is 0 Å². The zero-order chi connectivity index (χ0) is 29.4. The molecule has 0 saturated carbocycles. The highest BCUT2D eigenvalue weighted by Gasteiger charge is 2.33. The third kappa shape index (κ3) is 7.44. The summed E-state index contributed by atoms with van der Waals surface area (Å²) in [5.41, 5.74) is 0.463. The van der Waals surface area contributed by atoms with Gasteiger partial charge in [-0.2, -0.15) is 0 Å². The Morgan fingerprint density at radius 3 is 2.15 bits per heavy atom. The van der Waals surface area contributed by atoms with Crippen LogP contribution in [0.1, 0.15) is 25.8 Å². The van der Waals surface area contributed by atoms with Crippen LogP contribution in [0.4, 0.5) is 10.1 Å². The number of halogens is 3. The minimum absolute atomic E-state index is 0.0596. The number of sulfonamides is 1. The van der Waals surface area contributed by atoms with Gasteiger partial charge in [-0.25, -0.2) is 12.8 Å². The zero-order valence-electron chi connectivity index (χ0n) is 22.2. The van der Waals surface area contributed by atoms with Crippen LogP contribution in [0.2, 0.25) is 10.0 Å². The molecule has 0 aromatic heterocycles. The molecular weight excluding hydrogens is 580 g/mol. The number of hydrogen-bond donors (Lipinski definition) is 1. The number of ether oxygens (including phenoxy) is 1. The fourth-order valence-corrected chi connectivity index (χ4v) is 5.77. The first kappa shape index (κ1) is 31.2. The molecule has 0 aliphatic carbocycles. The van der Waals surface area contributed by atoms with Crippen LogP contribution in [0.5, 0.6) is 5.75 Å². The van der Waals surface area contributed by atoms with Gasteiger partial charge in [0, 0.05) is 28.7 Å². The third-order valence-corrected chi connectivity index (χ3v) is 8.64. The van der Waals surface area contributed by atoms with Crippen molar-refractivity contribution in [2.24, 2.45) is 0 Å². The maximum atomic E-state index is 13.9.